The molecule has 0 spiro atoms. The van der Waals surface area contributed by atoms with Crippen molar-refractivity contribution < 1.29 is 9.53 Å². The summed E-state index contributed by atoms with van der Waals surface area (Å²) in [5, 5.41) is 0. The Labute approximate surface area is 115 Å². The summed E-state index contributed by atoms with van der Waals surface area (Å²) < 4.78 is 4.98. The Balaban J connectivity index is 0.00000289. The molecule has 0 aromatic heterocycles. The van der Waals surface area contributed by atoms with Crippen molar-refractivity contribution in [3.63, 3.8) is 0 Å². The lowest BCUT2D eigenvalue weighted by molar-refractivity contribution is -0.147. The second-order valence-electron chi connectivity index (χ2n) is 4.21. The molecule has 0 aliphatic carbocycles. The van der Waals surface area contributed by atoms with Gasteiger partial charge in [-0.05, 0) is 37.4 Å². The van der Waals surface area contributed by atoms with Gasteiger partial charge in [0, 0.05) is 0 Å². The normalized spacial score (nSPS) is 11.5. The largest absolute Gasteiger partial charge is 0.466 e. The van der Waals surface area contributed by atoms with Crippen LogP contribution in [0.25, 0.3) is 0 Å². The minimum absolute atomic E-state index is 0. The Morgan fingerprint density at radius 1 is 1.28 bits per heavy atom. The van der Waals surface area contributed by atoms with Gasteiger partial charge in [0.15, 0.2) is 0 Å². The minimum atomic E-state index is -0.126. The smallest absolute Gasteiger partial charge is 0.308 e. The van der Waals surface area contributed by atoms with Gasteiger partial charge in [-0.2, -0.15) is 0 Å². The predicted molar refractivity (Wildman–Crippen MR) is 75.9 cm³/mol. The monoisotopic (exact) mass is 271 g/mol. The highest BCUT2D eigenvalue weighted by atomic mass is 35.5. The van der Waals surface area contributed by atoms with E-state index in [1.807, 2.05) is 13.8 Å². The molecule has 0 bridgehead atoms. The first-order valence-electron chi connectivity index (χ1n) is 6.12. The number of rotatable bonds is 6. The van der Waals surface area contributed by atoms with E-state index in [2.05, 4.69) is 24.3 Å². The molecular formula is C14H22ClNO2. The summed E-state index contributed by atoms with van der Waals surface area (Å²) in [6, 6.07) is 8.25. The van der Waals surface area contributed by atoms with E-state index < -0.39 is 0 Å². The van der Waals surface area contributed by atoms with Crippen molar-refractivity contribution in [1.29, 1.82) is 0 Å². The van der Waals surface area contributed by atoms with Crippen molar-refractivity contribution in [3.05, 3.63) is 35.4 Å². The standard InChI is InChI=1S/C14H21NO2.ClH/c1-3-17-14(16)11(2)10-13-6-4-12(5-7-13)8-9-15;/h4-7,11H,3,8-10,15H2,1-2H3;1H. The van der Waals surface area contributed by atoms with E-state index >= 15 is 0 Å². The van der Waals surface area contributed by atoms with Gasteiger partial charge < -0.3 is 10.5 Å². The quantitative estimate of drug-likeness (QED) is 0.808. The topological polar surface area (TPSA) is 52.3 Å². The van der Waals surface area contributed by atoms with Crippen LogP contribution >= 0.6 is 12.4 Å². The Bertz CT molecular complexity index is 351. The van der Waals surface area contributed by atoms with Gasteiger partial charge in [0.2, 0.25) is 0 Å². The third-order valence-corrected chi connectivity index (χ3v) is 2.69. The Kier molecular flexibility index (Phi) is 8.42. The molecule has 0 amide bonds. The number of hydrogen-bond donors (Lipinski definition) is 1. The summed E-state index contributed by atoms with van der Waals surface area (Å²) in [6.07, 6.45) is 1.62. The molecule has 1 atom stereocenters. The Hall–Kier alpha value is -1.06. The van der Waals surface area contributed by atoms with Gasteiger partial charge in [-0.1, -0.05) is 31.2 Å². The van der Waals surface area contributed by atoms with Gasteiger partial charge in [0.1, 0.15) is 0 Å². The fraction of sp³-hybridized carbons (Fsp3) is 0.500. The minimum Gasteiger partial charge on any atom is -0.466 e. The maximum absolute atomic E-state index is 11.5. The zero-order valence-corrected chi connectivity index (χ0v) is 11.8. The van der Waals surface area contributed by atoms with Crippen LogP contribution in [0.5, 0.6) is 0 Å². The predicted octanol–water partition coefficient (Wildman–Crippen LogP) is 2.35. The number of benzene rings is 1. The maximum Gasteiger partial charge on any atom is 0.308 e. The molecule has 0 aliphatic rings. The Morgan fingerprint density at radius 3 is 2.33 bits per heavy atom. The van der Waals surface area contributed by atoms with Crippen LogP contribution in [-0.4, -0.2) is 19.1 Å². The van der Waals surface area contributed by atoms with Crippen LogP contribution in [0, 0.1) is 5.92 Å². The first-order chi connectivity index (χ1) is 8.17. The van der Waals surface area contributed by atoms with Crippen LogP contribution in [0.1, 0.15) is 25.0 Å². The molecule has 102 valence electrons. The van der Waals surface area contributed by atoms with Gasteiger partial charge in [-0.3, -0.25) is 4.79 Å². The van der Waals surface area contributed by atoms with E-state index in [-0.39, 0.29) is 24.3 Å². The average Bonchev–Trinajstić information content (AvgIpc) is 2.32. The lowest BCUT2D eigenvalue weighted by Crippen LogP contribution is -2.16. The molecule has 1 unspecified atom stereocenters. The van der Waals surface area contributed by atoms with E-state index in [1.165, 1.54) is 5.56 Å². The van der Waals surface area contributed by atoms with Crippen LogP contribution in [0.3, 0.4) is 0 Å². The SMILES string of the molecule is CCOC(=O)C(C)Cc1ccc(CCN)cc1.Cl. The van der Waals surface area contributed by atoms with Crippen molar-refractivity contribution in [3.8, 4) is 0 Å². The third-order valence-electron chi connectivity index (χ3n) is 2.69. The number of halogens is 1. The second kappa shape index (κ2) is 8.95. The molecule has 1 aromatic rings. The lowest BCUT2D eigenvalue weighted by Gasteiger charge is -2.10. The number of esters is 1. The fourth-order valence-electron chi connectivity index (χ4n) is 1.73. The molecule has 0 saturated carbocycles. The third kappa shape index (κ3) is 5.52. The molecule has 1 aromatic carbocycles. The van der Waals surface area contributed by atoms with Gasteiger partial charge in [0.25, 0.3) is 0 Å². The molecule has 1 rings (SSSR count). The summed E-state index contributed by atoms with van der Waals surface area (Å²) in [7, 11) is 0. The van der Waals surface area contributed by atoms with Gasteiger partial charge in [-0.25, -0.2) is 0 Å². The summed E-state index contributed by atoms with van der Waals surface area (Å²) in [5.74, 6) is -0.214. The molecular weight excluding hydrogens is 250 g/mol. The van der Waals surface area contributed by atoms with Gasteiger partial charge >= 0.3 is 5.97 Å². The van der Waals surface area contributed by atoms with E-state index in [4.69, 9.17) is 10.5 Å². The summed E-state index contributed by atoms with van der Waals surface area (Å²) in [6.45, 7) is 4.83. The van der Waals surface area contributed by atoms with E-state index in [0.29, 0.717) is 13.2 Å². The van der Waals surface area contributed by atoms with Crippen molar-refractivity contribution in [1.82, 2.24) is 0 Å². The number of hydrogen-bond acceptors (Lipinski definition) is 3. The molecule has 4 heteroatoms. The van der Waals surface area contributed by atoms with E-state index in [0.717, 1.165) is 18.4 Å². The molecule has 3 nitrogen and oxygen atoms in total. The molecule has 0 radical (unpaired) electrons. The molecule has 2 N–H and O–H groups in total. The highest BCUT2D eigenvalue weighted by Gasteiger charge is 2.14. The first-order valence-corrected chi connectivity index (χ1v) is 6.12. The zero-order chi connectivity index (χ0) is 12.7. The van der Waals surface area contributed by atoms with Gasteiger partial charge in [0.05, 0.1) is 12.5 Å². The highest BCUT2D eigenvalue weighted by Crippen LogP contribution is 2.11. The van der Waals surface area contributed by atoms with Crippen molar-refractivity contribution in [2.24, 2.45) is 11.7 Å². The first kappa shape index (κ1) is 16.9. The number of carbonyl (C=O) groups is 1. The summed E-state index contributed by atoms with van der Waals surface area (Å²) >= 11 is 0. The van der Waals surface area contributed by atoms with Crippen molar-refractivity contribution >= 4 is 18.4 Å². The Morgan fingerprint density at radius 2 is 1.83 bits per heavy atom. The fourth-order valence-corrected chi connectivity index (χ4v) is 1.73. The summed E-state index contributed by atoms with van der Waals surface area (Å²) in [4.78, 5) is 11.5. The molecule has 0 aliphatic heterocycles. The number of nitrogens with two attached hydrogens (primary N) is 1. The molecule has 0 heterocycles. The highest BCUT2D eigenvalue weighted by molar-refractivity contribution is 5.85. The van der Waals surface area contributed by atoms with E-state index in [9.17, 15) is 4.79 Å². The zero-order valence-electron chi connectivity index (χ0n) is 11.0. The lowest BCUT2D eigenvalue weighted by atomic mass is 9.99. The summed E-state index contributed by atoms with van der Waals surface area (Å²) in [5.41, 5.74) is 7.89. The van der Waals surface area contributed by atoms with Crippen LogP contribution in [0.2, 0.25) is 0 Å². The molecule has 18 heavy (non-hydrogen) atoms. The van der Waals surface area contributed by atoms with Crippen LogP contribution in [0.15, 0.2) is 24.3 Å². The van der Waals surface area contributed by atoms with Crippen LogP contribution in [-0.2, 0) is 22.4 Å². The van der Waals surface area contributed by atoms with Crippen LogP contribution in [0.4, 0.5) is 0 Å². The van der Waals surface area contributed by atoms with Crippen LogP contribution < -0.4 is 5.73 Å². The molecule has 0 fully saturated rings. The number of ether oxygens (including phenoxy) is 1. The second-order valence-corrected chi connectivity index (χ2v) is 4.21. The number of carbonyl (C=O) groups excluding carboxylic acids is 1. The van der Waals surface area contributed by atoms with Gasteiger partial charge in [-0.15, -0.1) is 12.4 Å². The van der Waals surface area contributed by atoms with Crippen molar-refractivity contribution in [2.45, 2.75) is 26.7 Å². The van der Waals surface area contributed by atoms with E-state index in [1.54, 1.807) is 0 Å². The maximum atomic E-state index is 11.5. The van der Waals surface area contributed by atoms with Crippen molar-refractivity contribution in [2.75, 3.05) is 13.2 Å². The average molecular weight is 272 g/mol. The molecule has 0 saturated heterocycles.